The van der Waals surface area contributed by atoms with Gasteiger partial charge in [0, 0.05) is 7.05 Å². The van der Waals surface area contributed by atoms with Gasteiger partial charge in [-0.15, -0.1) is 11.3 Å². The molecule has 2 heterocycles. The standard InChI is InChI=1S/C9H9BrClN3S/c1-14-9(6(11)3-13-14)8(12)5-2-7(10)15-4-5/h2-4,8H,12H2,1H3. The number of aryl methyl sites for hydroxylation is 1. The minimum absolute atomic E-state index is 0.229. The molecule has 3 nitrogen and oxygen atoms in total. The third-order valence-electron chi connectivity index (χ3n) is 2.18. The van der Waals surface area contributed by atoms with E-state index in [0.29, 0.717) is 5.02 Å². The quantitative estimate of drug-likeness (QED) is 0.927. The van der Waals surface area contributed by atoms with Gasteiger partial charge in [0.1, 0.15) is 0 Å². The molecule has 2 rings (SSSR count). The zero-order valence-electron chi connectivity index (χ0n) is 7.95. The largest absolute Gasteiger partial charge is 0.319 e. The number of halogens is 2. The van der Waals surface area contributed by atoms with Gasteiger partial charge in [-0.1, -0.05) is 11.6 Å². The Morgan fingerprint density at radius 1 is 1.67 bits per heavy atom. The Bertz CT molecular complexity index is 460. The van der Waals surface area contributed by atoms with Crippen molar-refractivity contribution in [3.8, 4) is 0 Å². The number of hydrogen-bond donors (Lipinski definition) is 1. The number of nitrogens with two attached hydrogens (primary N) is 1. The summed E-state index contributed by atoms with van der Waals surface area (Å²) in [5.41, 5.74) is 7.99. The molecule has 0 saturated heterocycles. The topological polar surface area (TPSA) is 43.8 Å². The Morgan fingerprint density at radius 3 is 2.87 bits per heavy atom. The van der Waals surface area contributed by atoms with E-state index in [1.165, 1.54) is 0 Å². The lowest BCUT2D eigenvalue weighted by Gasteiger charge is -2.10. The first-order valence-corrected chi connectivity index (χ1v) is 6.31. The van der Waals surface area contributed by atoms with Crippen LogP contribution >= 0.6 is 38.9 Å². The van der Waals surface area contributed by atoms with Gasteiger partial charge >= 0.3 is 0 Å². The highest BCUT2D eigenvalue weighted by Crippen LogP contribution is 2.30. The van der Waals surface area contributed by atoms with Crippen LogP contribution in [0, 0.1) is 0 Å². The number of thiophene rings is 1. The zero-order chi connectivity index (χ0) is 11.0. The van der Waals surface area contributed by atoms with Gasteiger partial charge in [-0.3, -0.25) is 4.68 Å². The van der Waals surface area contributed by atoms with Crippen LogP contribution in [0.1, 0.15) is 17.3 Å². The molecule has 0 saturated carbocycles. The summed E-state index contributed by atoms with van der Waals surface area (Å²) in [6.07, 6.45) is 1.61. The van der Waals surface area contributed by atoms with E-state index in [1.54, 1.807) is 22.2 Å². The summed E-state index contributed by atoms with van der Waals surface area (Å²) in [6, 6.07) is 1.77. The summed E-state index contributed by atoms with van der Waals surface area (Å²) in [7, 11) is 1.84. The minimum Gasteiger partial charge on any atom is -0.319 e. The number of aromatic nitrogens is 2. The van der Waals surface area contributed by atoms with Gasteiger partial charge in [0.25, 0.3) is 0 Å². The third-order valence-corrected chi connectivity index (χ3v) is 3.99. The molecule has 2 aromatic rings. The molecular formula is C9H9BrClN3S. The van der Waals surface area contributed by atoms with Crippen LogP contribution in [-0.2, 0) is 7.05 Å². The summed E-state index contributed by atoms with van der Waals surface area (Å²) >= 11 is 11.0. The Hall–Kier alpha value is -0.360. The van der Waals surface area contributed by atoms with Crippen molar-refractivity contribution in [2.45, 2.75) is 6.04 Å². The zero-order valence-corrected chi connectivity index (χ0v) is 11.1. The molecule has 0 spiro atoms. The van der Waals surface area contributed by atoms with Gasteiger partial charge in [0.2, 0.25) is 0 Å². The van der Waals surface area contributed by atoms with Crippen molar-refractivity contribution in [2.75, 3.05) is 0 Å². The number of nitrogens with zero attached hydrogens (tertiary/aromatic N) is 2. The van der Waals surface area contributed by atoms with E-state index in [2.05, 4.69) is 21.0 Å². The van der Waals surface area contributed by atoms with Crippen molar-refractivity contribution in [2.24, 2.45) is 12.8 Å². The second-order valence-corrected chi connectivity index (χ2v) is 5.86. The van der Waals surface area contributed by atoms with E-state index in [9.17, 15) is 0 Å². The molecular weight excluding hydrogens is 298 g/mol. The maximum atomic E-state index is 6.12. The fourth-order valence-electron chi connectivity index (χ4n) is 1.41. The molecule has 2 aromatic heterocycles. The molecule has 0 bridgehead atoms. The van der Waals surface area contributed by atoms with E-state index in [1.807, 2.05) is 18.5 Å². The van der Waals surface area contributed by atoms with Crippen LogP contribution in [0.5, 0.6) is 0 Å². The average molecular weight is 307 g/mol. The normalized spacial score (nSPS) is 13.1. The highest BCUT2D eigenvalue weighted by atomic mass is 79.9. The van der Waals surface area contributed by atoms with E-state index in [-0.39, 0.29) is 6.04 Å². The van der Waals surface area contributed by atoms with Crippen molar-refractivity contribution < 1.29 is 0 Å². The maximum absolute atomic E-state index is 6.12. The molecule has 1 atom stereocenters. The number of hydrogen-bond acceptors (Lipinski definition) is 3. The molecule has 15 heavy (non-hydrogen) atoms. The molecule has 1 unspecified atom stereocenters. The lowest BCUT2D eigenvalue weighted by Crippen LogP contribution is -2.15. The van der Waals surface area contributed by atoms with Crippen molar-refractivity contribution in [1.82, 2.24) is 9.78 Å². The molecule has 0 fully saturated rings. The smallest absolute Gasteiger partial charge is 0.0837 e. The molecule has 6 heteroatoms. The Balaban J connectivity index is 2.40. The van der Waals surface area contributed by atoms with E-state index in [4.69, 9.17) is 17.3 Å². The molecule has 0 aliphatic heterocycles. The van der Waals surface area contributed by atoms with Gasteiger partial charge in [-0.25, -0.2) is 0 Å². The lowest BCUT2D eigenvalue weighted by molar-refractivity contribution is 0.674. The summed E-state index contributed by atoms with van der Waals surface area (Å²) in [6.45, 7) is 0. The third kappa shape index (κ3) is 2.10. The van der Waals surface area contributed by atoms with Crippen LogP contribution in [0.15, 0.2) is 21.4 Å². The van der Waals surface area contributed by atoms with Crippen LogP contribution in [0.25, 0.3) is 0 Å². The second-order valence-electron chi connectivity index (χ2n) is 3.16. The fraction of sp³-hybridized carbons (Fsp3) is 0.222. The van der Waals surface area contributed by atoms with Gasteiger partial charge in [-0.05, 0) is 32.9 Å². The summed E-state index contributed by atoms with van der Waals surface area (Å²) in [4.78, 5) is 0. The van der Waals surface area contributed by atoms with E-state index in [0.717, 1.165) is 15.0 Å². The van der Waals surface area contributed by atoms with Gasteiger partial charge < -0.3 is 5.73 Å². The van der Waals surface area contributed by atoms with Crippen LogP contribution < -0.4 is 5.73 Å². The summed E-state index contributed by atoms with van der Waals surface area (Å²) < 4.78 is 2.77. The van der Waals surface area contributed by atoms with Gasteiger partial charge in [-0.2, -0.15) is 5.10 Å². The second kappa shape index (κ2) is 4.25. The highest BCUT2D eigenvalue weighted by Gasteiger charge is 2.17. The summed E-state index contributed by atoms with van der Waals surface area (Å²) in [5, 5.41) is 6.68. The predicted molar refractivity (Wildman–Crippen MR) is 66.3 cm³/mol. The molecule has 0 radical (unpaired) electrons. The van der Waals surface area contributed by atoms with Gasteiger partial charge in [0.15, 0.2) is 0 Å². The highest BCUT2D eigenvalue weighted by molar-refractivity contribution is 9.11. The molecule has 80 valence electrons. The van der Waals surface area contributed by atoms with Crippen LogP contribution in [0.4, 0.5) is 0 Å². The van der Waals surface area contributed by atoms with E-state index < -0.39 is 0 Å². The summed E-state index contributed by atoms with van der Waals surface area (Å²) in [5.74, 6) is 0. The molecule has 0 aromatic carbocycles. The monoisotopic (exact) mass is 305 g/mol. The molecule has 0 amide bonds. The van der Waals surface area contributed by atoms with Crippen LogP contribution in [-0.4, -0.2) is 9.78 Å². The Kier molecular flexibility index (Phi) is 3.16. The average Bonchev–Trinajstić information content (AvgIpc) is 2.73. The van der Waals surface area contributed by atoms with Gasteiger partial charge in [0.05, 0.1) is 26.7 Å². The van der Waals surface area contributed by atoms with Crippen molar-refractivity contribution in [3.63, 3.8) is 0 Å². The van der Waals surface area contributed by atoms with Crippen LogP contribution in [0.3, 0.4) is 0 Å². The maximum Gasteiger partial charge on any atom is 0.0837 e. The van der Waals surface area contributed by atoms with Crippen LogP contribution in [0.2, 0.25) is 5.02 Å². The van der Waals surface area contributed by atoms with Crippen molar-refractivity contribution in [1.29, 1.82) is 0 Å². The first-order chi connectivity index (χ1) is 7.09. The molecule has 2 N–H and O–H groups in total. The fourth-order valence-corrected chi connectivity index (χ4v) is 2.91. The van der Waals surface area contributed by atoms with Crippen molar-refractivity contribution in [3.05, 3.63) is 37.7 Å². The number of rotatable bonds is 2. The van der Waals surface area contributed by atoms with Crippen molar-refractivity contribution >= 4 is 38.9 Å². The first-order valence-electron chi connectivity index (χ1n) is 4.26. The lowest BCUT2D eigenvalue weighted by atomic mass is 10.1. The minimum atomic E-state index is -0.229. The SMILES string of the molecule is Cn1ncc(Cl)c1C(N)c1csc(Br)c1. The first kappa shape index (κ1) is 11.1. The Labute approximate surface area is 105 Å². The molecule has 0 aliphatic rings. The Morgan fingerprint density at radius 2 is 2.40 bits per heavy atom. The molecule has 0 aliphatic carbocycles. The van der Waals surface area contributed by atoms with E-state index >= 15 is 0 Å². The predicted octanol–water partition coefficient (Wildman–Crippen LogP) is 2.95.